The number of fused-ring (bicyclic) bond motifs is 1. The Morgan fingerprint density at radius 3 is 2.39 bits per heavy atom. The van der Waals surface area contributed by atoms with Gasteiger partial charge in [0.15, 0.2) is 0 Å². The number of rotatable bonds is 5. The van der Waals surface area contributed by atoms with Crippen molar-refractivity contribution in [1.29, 1.82) is 0 Å². The molecule has 1 aromatic heterocycles. The summed E-state index contributed by atoms with van der Waals surface area (Å²) in [4.78, 5) is 17.1. The molecular formula is C26H22FNO3. The lowest BCUT2D eigenvalue weighted by atomic mass is 9.95. The molecule has 0 saturated heterocycles. The summed E-state index contributed by atoms with van der Waals surface area (Å²) in [7, 11) is 0. The number of phenolic OH excluding ortho intramolecular Hbond substituents is 1. The van der Waals surface area contributed by atoms with Gasteiger partial charge in [0.2, 0.25) is 0 Å². The van der Waals surface area contributed by atoms with Crippen LogP contribution < -0.4 is 4.74 Å². The summed E-state index contributed by atoms with van der Waals surface area (Å²) in [5, 5.41) is 11.8. The molecule has 1 N–H and O–H groups in total. The Morgan fingerprint density at radius 1 is 0.968 bits per heavy atom. The number of aromatic nitrogens is 1. The maximum Gasteiger partial charge on any atom is 0.343 e. The zero-order chi connectivity index (χ0) is 22.0. The minimum atomic E-state index is -0.488. The number of carbonyl (C=O) groups is 1. The molecule has 156 valence electrons. The molecule has 4 rings (SSSR count). The maximum absolute atomic E-state index is 13.2. The monoisotopic (exact) mass is 415 g/mol. The number of halogens is 1. The molecule has 0 aliphatic carbocycles. The second-order valence-corrected chi connectivity index (χ2v) is 7.65. The van der Waals surface area contributed by atoms with Gasteiger partial charge in [0.05, 0.1) is 5.56 Å². The normalized spacial score (nSPS) is 10.9. The summed E-state index contributed by atoms with van der Waals surface area (Å²) in [5.74, 6) is -0.280. The van der Waals surface area contributed by atoms with E-state index in [1.54, 1.807) is 12.4 Å². The Labute approximate surface area is 180 Å². The quantitative estimate of drug-likeness (QED) is 0.335. The van der Waals surface area contributed by atoms with E-state index >= 15 is 0 Å². The molecule has 0 amide bonds. The summed E-state index contributed by atoms with van der Waals surface area (Å²) in [5.41, 5.74) is 4.05. The van der Waals surface area contributed by atoms with Crippen molar-refractivity contribution in [2.24, 2.45) is 0 Å². The van der Waals surface area contributed by atoms with Gasteiger partial charge in [0.1, 0.15) is 17.3 Å². The number of nitrogens with zero attached hydrogens (tertiary/aromatic N) is 1. The molecule has 5 heteroatoms. The van der Waals surface area contributed by atoms with Gasteiger partial charge in [-0.1, -0.05) is 12.1 Å². The van der Waals surface area contributed by atoms with E-state index in [9.17, 15) is 14.3 Å². The zero-order valence-corrected chi connectivity index (χ0v) is 17.4. The smallest absolute Gasteiger partial charge is 0.343 e. The summed E-state index contributed by atoms with van der Waals surface area (Å²) in [6.45, 7) is 3.75. The molecule has 0 fully saturated rings. The van der Waals surface area contributed by atoms with Crippen molar-refractivity contribution in [3.8, 4) is 11.5 Å². The third kappa shape index (κ3) is 4.56. The molecular weight excluding hydrogens is 393 g/mol. The second kappa shape index (κ2) is 8.56. The van der Waals surface area contributed by atoms with E-state index in [1.807, 2.05) is 44.2 Å². The highest BCUT2D eigenvalue weighted by atomic mass is 19.1. The van der Waals surface area contributed by atoms with Crippen LogP contribution in [0.15, 0.2) is 67.0 Å². The fourth-order valence-electron chi connectivity index (χ4n) is 3.71. The summed E-state index contributed by atoms with van der Waals surface area (Å²) >= 11 is 0. The van der Waals surface area contributed by atoms with Gasteiger partial charge in [-0.25, -0.2) is 9.18 Å². The molecule has 1 heterocycles. The van der Waals surface area contributed by atoms with Crippen LogP contribution in [0.3, 0.4) is 0 Å². The summed E-state index contributed by atoms with van der Waals surface area (Å²) in [6.07, 6.45) is 4.76. The minimum Gasteiger partial charge on any atom is -0.507 e. The van der Waals surface area contributed by atoms with Crippen molar-refractivity contribution in [2.75, 3.05) is 0 Å². The number of ether oxygens (including phenoxy) is 1. The Balaban J connectivity index is 1.66. The molecule has 0 radical (unpaired) electrons. The number of aromatic hydroxyl groups is 1. The summed E-state index contributed by atoms with van der Waals surface area (Å²) in [6, 6.07) is 14.9. The average molecular weight is 415 g/mol. The van der Waals surface area contributed by atoms with Crippen molar-refractivity contribution in [1.82, 2.24) is 4.98 Å². The van der Waals surface area contributed by atoms with Gasteiger partial charge < -0.3 is 9.84 Å². The molecule has 0 aliphatic rings. The molecule has 3 aromatic carbocycles. The van der Waals surface area contributed by atoms with Crippen LogP contribution in [0.1, 0.15) is 32.6 Å². The SMILES string of the molecule is Cc1cc(CCc2cc3cnccc3cc2C(=O)Oc2ccc(F)cc2)cc(C)c1O. The Bertz CT molecular complexity index is 1240. The van der Waals surface area contributed by atoms with Crippen LogP contribution in [0.2, 0.25) is 0 Å². The average Bonchev–Trinajstić information content (AvgIpc) is 2.76. The van der Waals surface area contributed by atoms with Crippen LogP contribution in [0, 0.1) is 19.7 Å². The number of hydrogen-bond acceptors (Lipinski definition) is 4. The Morgan fingerprint density at radius 2 is 1.68 bits per heavy atom. The number of hydrogen-bond donors (Lipinski definition) is 1. The van der Waals surface area contributed by atoms with E-state index in [-0.39, 0.29) is 5.75 Å². The van der Waals surface area contributed by atoms with Gasteiger partial charge in [0, 0.05) is 17.8 Å². The van der Waals surface area contributed by atoms with Crippen LogP contribution in [-0.2, 0) is 12.8 Å². The van der Waals surface area contributed by atoms with E-state index in [0.29, 0.717) is 24.2 Å². The lowest BCUT2D eigenvalue weighted by Crippen LogP contribution is -2.12. The number of esters is 1. The van der Waals surface area contributed by atoms with Gasteiger partial charge in [-0.2, -0.15) is 0 Å². The molecule has 0 spiro atoms. The number of aryl methyl sites for hydroxylation is 4. The molecule has 31 heavy (non-hydrogen) atoms. The molecule has 0 saturated carbocycles. The number of pyridine rings is 1. The number of phenols is 1. The van der Waals surface area contributed by atoms with Crippen LogP contribution in [0.5, 0.6) is 11.5 Å². The highest BCUT2D eigenvalue weighted by Crippen LogP contribution is 2.26. The van der Waals surface area contributed by atoms with E-state index in [2.05, 4.69) is 4.98 Å². The second-order valence-electron chi connectivity index (χ2n) is 7.65. The van der Waals surface area contributed by atoms with Crippen molar-refractivity contribution in [3.63, 3.8) is 0 Å². The number of benzene rings is 3. The maximum atomic E-state index is 13.2. The predicted molar refractivity (Wildman–Crippen MR) is 118 cm³/mol. The lowest BCUT2D eigenvalue weighted by molar-refractivity contribution is 0.0733. The highest BCUT2D eigenvalue weighted by Gasteiger charge is 2.16. The molecule has 0 bridgehead atoms. The van der Waals surface area contributed by atoms with Crippen LogP contribution in [-0.4, -0.2) is 16.1 Å². The van der Waals surface area contributed by atoms with Crippen LogP contribution >= 0.6 is 0 Å². The molecule has 0 aliphatic heterocycles. The predicted octanol–water partition coefficient (Wildman–Crippen LogP) is 5.70. The van der Waals surface area contributed by atoms with Gasteiger partial charge >= 0.3 is 5.97 Å². The number of carbonyl (C=O) groups excluding carboxylic acids is 1. The first kappa shape index (κ1) is 20.5. The summed E-state index contributed by atoms with van der Waals surface area (Å²) < 4.78 is 18.7. The first-order chi connectivity index (χ1) is 14.9. The van der Waals surface area contributed by atoms with Gasteiger partial charge in [-0.3, -0.25) is 4.98 Å². The molecule has 4 nitrogen and oxygen atoms in total. The molecule has 4 aromatic rings. The van der Waals surface area contributed by atoms with Crippen LogP contribution in [0.4, 0.5) is 4.39 Å². The molecule has 0 atom stereocenters. The van der Waals surface area contributed by atoms with Crippen molar-refractivity contribution in [3.05, 3.63) is 101 Å². The van der Waals surface area contributed by atoms with E-state index in [1.165, 1.54) is 24.3 Å². The lowest BCUT2D eigenvalue weighted by Gasteiger charge is -2.13. The zero-order valence-electron chi connectivity index (χ0n) is 17.4. The van der Waals surface area contributed by atoms with Crippen molar-refractivity contribution < 1.29 is 19.0 Å². The standard InChI is InChI=1S/C26H22FNO3/c1-16-11-18(12-17(2)25(16)29)3-4-20-13-21-15-28-10-9-19(21)14-24(20)26(30)31-23-7-5-22(27)6-8-23/h5-15,29H,3-4H2,1-2H3. The first-order valence-corrected chi connectivity index (χ1v) is 10.0. The van der Waals surface area contributed by atoms with Crippen LogP contribution in [0.25, 0.3) is 10.8 Å². The Kier molecular flexibility index (Phi) is 5.67. The fraction of sp³-hybridized carbons (Fsp3) is 0.154. The van der Waals surface area contributed by atoms with Crippen molar-refractivity contribution >= 4 is 16.7 Å². The van der Waals surface area contributed by atoms with Gasteiger partial charge in [-0.05, 0) is 96.8 Å². The van der Waals surface area contributed by atoms with Crippen molar-refractivity contribution in [2.45, 2.75) is 26.7 Å². The van der Waals surface area contributed by atoms with E-state index in [0.717, 1.165) is 33.0 Å². The van der Waals surface area contributed by atoms with E-state index in [4.69, 9.17) is 4.74 Å². The van der Waals surface area contributed by atoms with E-state index < -0.39 is 11.8 Å². The third-order valence-corrected chi connectivity index (χ3v) is 5.34. The minimum absolute atomic E-state index is 0.289. The topological polar surface area (TPSA) is 59.4 Å². The Hall–Kier alpha value is -3.73. The fourth-order valence-corrected chi connectivity index (χ4v) is 3.71. The molecule has 0 unspecified atom stereocenters. The first-order valence-electron chi connectivity index (χ1n) is 10.0. The largest absolute Gasteiger partial charge is 0.507 e. The highest BCUT2D eigenvalue weighted by molar-refractivity contribution is 5.98. The van der Waals surface area contributed by atoms with Gasteiger partial charge in [-0.15, -0.1) is 0 Å². The third-order valence-electron chi connectivity index (χ3n) is 5.34. The van der Waals surface area contributed by atoms with Gasteiger partial charge in [0.25, 0.3) is 0 Å².